The van der Waals surface area contributed by atoms with Crippen LogP contribution in [0.3, 0.4) is 0 Å². The van der Waals surface area contributed by atoms with Crippen molar-refractivity contribution in [1.82, 2.24) is 15.3 Å². The SMILES string of the molecule is C[C@@H]1CN(c2nc3ccccc3nc2[C@@H](C#N)C(=O)NCc2ccc3c(c2)OCO3)C[C@@H](C)O1. The van der Waals surface area contributed by atoms with E-state index in [0.29, 0.717) is 47.1 Å². The van der Waals surface area contributed by atoms with Crippen LogP contribution in [0.4, 0.5) is 5.82 Å². The number of anilines is 1. The zero-order valence-corrected chi connectivity index (χ0v) is 19.0. The maximum atomic E-state index is 13.2. The lowest BCUT2D eigenvalue weighted by atomic mass is 10.0. The summed E-state index contributed by atoms with van der Waals surface area (Å²) in [5.41, 5.74) is 2.55. The van der Waals surface area contributed by atoms with Crippen molar-refractivity contribution < 1.29 is 19.0 Å². The maximum absolute atomic E-state index is 13.2. The molecule has 3 atom stereocenters. The number of fused-ring (bicyclic) bond motifs is 2. The van der Waals surface area contributed by atoms with Crippen LogP contribution in [0.25, 0.3) is 11.0 Å². The number of morpholine rings is 1. The zero-order valence-electron chi connectivity index (χ0n) is 19.0. The van der Waals surface area contributed by atoms with Crippen molar-refractivity contribution in [1.29, 1.82) is 5.26 Å². The zero-order chi connectivity index (χ0) is 23.7. The molecule has 1 N–H and O–H groups in total. The van der Waals surface area contributed by atoms with Gasteiger partial charge < -0.3 is 24.4 Å². The second-order valence-electron chi connectivity index (χ2n) is 8.55. The van der Waals surface area contributed by atoms with Crippen LogP contribution in [0.5, 0.6) is 11.5 Å². The Morgan fingerprint density at radius 2 is 1.82 bits per heavy atom. The molecule has 34 heavy (non-hydrogen) atoms. The fourth-order valence-corrected chi connectivity index (χ4v) is 4.37. The molecule has 1 fully saturated rings. The number of para-hydroxylation sites is 2. The number of hydrogen-bond acceptors (Lipinski definition) is 8. The number of rotatable bonds is 5. The van der Waals surface area contributed by atoms with Gasteiger partial charge >= 0.3 is 0 Å². The van der Waals surface area contributed by atoms with E-state index in [-0.39, 0.29) is 25.5 Å². The van der Waals surface area contributed by atoms with Crippen LogP contribution in [0, 0.1) is 11.3 Å². The van der Waals surface area contributed by atoms with Gasteiger partial charge in [0.2, 0.25) is 12.7 Å². The Labute approximate surface area is 197 Å². The highest BCUT2D eigenvalue weighted by atomic mass is 16.7. The summed E-state index contributed by atoms with van der Waals surface area (Å²) < 4.78 is 16.6. The Bertz CT molecular complexity index is 1260. The second kappa shape index (κ2) is 9.15. The van der Waals surface area contributed by atoms with Crippen molar-refractivity contribution in [3.05, 3.63) is 53.7 Å². The molecule has 2 aliphatic heterocycles. The number of nitriles is 1. The van der Waals surface area contributed by atoms with Crippen LogP contribution in [0.2, 0.25) is 0 Å². The minimum absolute atomic E-state index is 0.00904. The van der Waals surface area contributed by atoms with E-state index in [9.17, 15) is 10.1 Å². The molecule has 174 valence electrons. The fourth-order valence-electron chi connectivity index (χ4n) is 4.37. The van der Waals surface area contributed by atoms with Gasteiger partial charge in [-0.25, -0.2) is 9.97 Å². The molecule has 3 heterocycles. The monoisotopic (exact) mass is 459 g/mol. The molecule has 5 rings (SSSR count). The first-order valence-corrected chi connectivity index (χ1v) is 11.2. The Balaban J connectivity index is 1.44. The van der Waals surface area contributed by atoms with E-state index in [4.69, 9.17) is 24.2 Å². The number of carbonyl (C=O) groups excluding carboxylic acids is 1. The Morgan fingerprint density at radius 3 is 2.56 bits per heavy atom. The third-order valence-electron chi connectivity index (χ3n) is 5.87. The van der Waals surface area contributed by atoms with Crippen molar-refractivity contribution in [2.24, 2.45) is 0 Å². The Kier molecular flexibility index (Phi) is 5.90. The average molecular weight is 460 g/mol. The van der Waals surface area contributed by atoms with Gasteiger partial charge in [-0.15, -0.1) is 0 Å². The largest absolute Gasteiger partial charge is 0.454 e. The second-order valence-corrected chi connectivity index (χ2v) is 8.55. The smallest absolute Gasteiger partial charge is 0.243 e. The van der Waals surface area contributed by atoms with Crippen LogP contribution in [-0.4, -0.2) is 48.0 Å². The van der Waals surface area contributed by atoms with Crippen molar-refractivity contribution in [3.8, 4) is 17.6 Å². The molecule has 3 aromatic rings. The predicted molar refractivity (Wildman–Crippen MR) is 125 cm³/mol. The molecule has 9 heteroatoms. The van der Waals surface area contributed by atoms with Crippen LogP contribution >= 0.6 is 0 Å². The first kappa shape index (κ1) is 21.9. The number of amides is 1. The normalized spacial score (nSPS) is 20.1. The van der Waals surface area contributed by atoms with Gasteiger partial charge in [-0.1, -0.05) is 18.2 Å². The summed E-state index contributed by atoms with van der Waals surface area (Å²) in [5.74, 6) is 0.317. The van der Waals surface area contributed by atoms with Gasteiger partial charge in [0.15, 0.2) is 23.2 Å². The summed E-state index contributed by atoms with van der Waals surface area (Å²) in [4.78, 5) is 24.8. The van der Waals surface area contributed by atoms with Gasteiger partial charge in [-0.2, -0.15) is 5.26 Å². The molecule has 0 bridgehead atoms. The summed E-state index contributed by atoms with van der Waals surface area (Å²) in [7, 11) is 0. The van der Waals surface area contributed by atoms with Gasteiger partial charge in [0.25, 0.3) is 0 Å². The third kappa shape index (κ3) is 4.32. The van der Waals surface area contributed by atoms with Crippen LogP contribution in [0.1, 0.15) is 31.0 Å². The van der Waals surface area contributed by atoms with Gasteiger partial charge in [0.05, 0.1) is 29.3 Å². The van der Waals surface area contributed by atoms with Crippen LogP contribution in [-0.2, 0) is 16.1 Å². The van der Waals surface area contributed by atoms with Gasteiger partial charge in [0.1, 0.15) is 5.69 Å². The lowest BCUT2D eigenvalue weighted by molar-refractivity contribution is -0.121. The number of ether oxygens (including phenoxy) is 3. The van der Waals surface area contributed by atoms with E-state index in [1.165, 1.54) is 0 Å². The van der Waals surface area contributed by atoms with Gasteiger partial charge in [-0.05, 0) is 43.7 Å². The number of carbonyl (C=O) groups is 1. The standard InChI is InChI=1S/C25H25N5O4/c1-15-12-30(13-16(2)34-15)24-23(28-19-5-3-4-6-20(19)29-24)18(10-26)25(31)27-11-17-7-8-21-22(9-17)33-14-32-21/h3-9,15-16,18H,11-14H2,1-2H3,(H,27,31)/t15-,16-,18-/m1/s1. The van der Waals surface area contributed by atoms with E-state index >= 15 is 0 Å². The molecule has 0 radical (unpaired) electrons. The molecule has 2 aromatic carbocycles. The van der Waals surface area contributed by atoms with Gasteiger partial charge in [0, 0.05) is 19.6 Å². The lowest BCUT2D eigenvalue weighted by Crippen LogP contribution is -2.46. The molecule has 1 aromatic heterocycles. The average Bonchev–Trinajstić information content (AvgIpc) is 3.30. The van der Waals surface area contributed by atoms with E-state index in [0.717, 1.165) is 5.56 Å². The first-order chi connectivity index (χ1) is 16.5. The summed E-state index contributed by atoms with van der Waals surface area (Å²) in [6, 6.07) is 15.1. The van der Waals surface area contributed by atoms with E-state index in [1.807, 2.05) is 50.2 Å². The van der Waals surface area contributed by atoms with Crippen molar-refractivity contribution in [3.63, 3.8) is 0 Å². The van der Waals surface area contributed by atoms with Crippen LogP contribution in [0.15, 0.2) is 42.5 Å². The minimum Gasteiger partial charge on any atom is -0.454 e. The Morgan fingerprint density at radius 1 is 1.12 bits per heavy atom. The summed E-state index contributed by atoms with van der Waals surface area (Å²) in [6.45, 7) is 5.62. The van der Waals surface area contributed by atoms with E-state index < -0.39 is 11.8 Å². The highest BCUT2D eigenvalue weighted by Crippen LogP contribution is 2.33. The molecular weight excluding hydrogens is 434 g/mol. The van der Waals surface area contributed by atoms with Crippen molar-refractivity contribution in [2.45, 2.75) is 38.5 Å². The topological polar surface area (TPSA) is 110 Å². The molecular formula is C25H25N5O4. The number of nitrogens with zero attached hydrogens (tertiary/aromatic N) is 4. The highest BCUT2D eigenvalue weighted by Gasteiger charge is 2.32. The summed E-state index contributed by atoms with van der Waals surface area (Å²) in [5, 5.41) is 12.9. The fraction of sp³-hybridized carbons (Fsp3) is 0.360. The number of aromatic nitrogens is 2. The summed E-state index contributed by atoms with van der Waals surface area (Å²) >= 11 is 0. The van der Waals surface area contributed by atoms with Crippen molar-refractivity contribution >= 4 is 22.8 Å². The number of hydrogen-bond donors (Lipinski definition) is 1. The third-order valence-corrected chi connectivity index (χ3v) is 5.87. The molecule has 0 aliphatic carbocycles. The van der Waals surface area contributed by atoms with E-state index in [1.54, 1.807) is 6.07 Å². The highest BCUT2D eigenvalue weighted by molar-refractivity contribution is 5.88. The molecule has 9 nitrogen and oxygen atoms in total. The minimum atomic E-state index is -1.12. The molecule has 0 spiro atoms. The van der Waals surface area contributed by atoms with Crippen LogP contribution < -0.4 is 19.7 Å². The Hall–Kier alpha value is -3.90. The first-order valence-electron chi connectivity index (χ1n) is 11.2. The molecule has 0 unspecified atom stereocenters. The lowest BCUT2D eigenvalue weighted by Gasteiger charge is -2.37. The molecule has 2 aliphatic rings. The summed E-state index contributed by atoms with van der Waals surface area (Å²) in [6.07, 6.45) is -0.0181. The number of benzene rings is 2. The van der Waals surface area contributed by atoms with Gasteiger partial charge in [-0.3, -0.25) is 4.79 Å². The molecule has 0 saturated carbocycles. The van der Waals surface area contributed by atoms with E-state index in [2.05, 4.69) is 16.3 Å². The quantitative estimate of drug-likeness (QED) is 0.620. The maximum Gasteiger partial charge on any atom is 0.243 e. The molecule has 1 amide bonds. The number of nitrogens with one attached hydrogen (secondary N) is 1. The van der Waals surface area contributed by atoms with Crippen molar-refractivity contribution in [2.75, 3.05) is 24.8 Å². The predicted octanol–water partition coefficient (Wildman–Crippen LogP) is 2.90. The molecule has 1 saturated heterocycles.